The molecule has 1 fully saturated rings. The molecule has 0 atom stereocenters. The van der Waals surface area contributed by atoms with Crippen LogP contribution < -0.4 is 10.2 Å². The van der Waals surface area contributed by atoms with Crippen LogP contribution in [0.15, 0.2) is 54.6 Å². The van der Waals surface area contributed by atoms with E-state index in [1.807, 2.05) is 0 Å². The van der Waals surface area contributed by atoms with E-state index in [1.54, 1.807) is 30.3 Å². The Balaban J connectivity index is 1.68. The average molecular weight is 377 g/mol. The molecule has 1 N–H and O–H groups in total. The molecule has 1 aliphatic heterocycles. The maximum atomic E-state index is 12.7. The van der Waals surface area contributed by atoms with Crippen LogP contribution in [0.1, 0.15) is 5.56 Å². The highest BCUT2D eigenvalue weighted by Gasteiger charge is 2.38. The fraction of sp³-hybridized carbons (Fsp3) is 0.167. The Kier molecular flexibility index (Phi) is 4.85. The Morgan fingerprint density at radius 3 is 2.41 bits per heavy atom. The molecule has 0 aliphatic carbocycles. The summed E-state index contributed by atoms with van der Waals surface area (Å²) in [5.74, 6) is -1.34. The summed E-state index contributed by atoms with van der Waals surface area (Å²) in [5, 5.41) is 2.27. The second-order valence-electron chi connectivity index (χ2n) is 5.81. The molecule has 6 nitrogen and oxygen atoms in total. The molecule has 27 heavy (non-hydrogen) atoms. The minimum Gasteiger partial charge on any atom is -0.325 e. The molecule has 0 spiro atoms. The molecule has 1 saturated heterocycles. The Hall–Kier alpha value is -3.36. The number of anilines is 2. The second kappa shape index (κ2) is 7.10. The predicted molar refractivity (Wildman–Crippen MR) is 91.0 cm³/mol. The van der Waals surface area contributed by atoms with Crippen LogP contribution in [-0.2, 0) is 15.8 Å². The van der Waals surface area contributed by atoms with Gasteiger partial charge in [-0.25, -0.2) is 4.79 Å². The predicted octanol–water partition coefficient (Wildman–Crippen LogP) is 3.11. The number of nitrogens with zero attached hydrogens (tertiary/aromatic N) is 2. The largest absolute Gasteiger partial charge is 0.416 e. The Morgan fingerprint density at radius 1 is 1.04 bits per heavy atom. The van der Waals surface area contributed by atoms with Crippen molar-refractivity contribution in [1.29, 1.82) is 0 Å². The van der Waals surface area contributed by atoms with Crippen LogP contribution in [0.25, 0.3) is 0 Å². The van der Waals surface area contributed by atoms with Gasteiger partial charge in [0.2, 0.25) is 5.91 Å². The molecule has 0 bridgehead atoms. The second-order valence-corrected chi connectivity index (χ2v) is 5.81. The maximum Gasteiger partial charge on any atom is 0.416 e. The van der Waals surface area contributed by atoms with Crippen LogP contribution in [0.4, 0.5) is 29.3 Å². The number of urea groups is 1. The highest BCUT2D eigenvalue weighted by molar-refractivity contribution is 6.14. The van der Waals surface area contributed by atoms with Crippen molar-refractivity contribution in [2.75, 3.05) is 23.3 Å². The van der Waals surface area contributed by atoms with E-state index >= 15 is 0 Å². The quantitative estimate of drug-likeness (QED) is 0.833. The first kappa shape index (κ1) is 18.4. The maximum absolute atomic E-state index is 12.7. The molecular formula is C18H14F3N3O3. The van der Waals surface area contributed by atoms with Gasteiger partial charge in [-0.3, -0.25) is 19.4 Å². The first-order valence-electron chi connectivity index (χ1n) is 7.90. The Morgan fingerprint density at radius 2 is 1.74 bits per heavy atom. The van der Waals surface area contributed by atoms with Crippen molar-refractivity contribution in [1.82, 2.24) is 4.90 Å². The van der Waals surface area contributed by atoms with Crippen LogP contribution in [0.5, 0.6) is 0 Å². The van der Waals surface area contributed by atoms with Gasteiger partial charge in [-0.15, -0.1) is 0 Å². The number of hydrogen-bond donors (Lipinski definition) is 1. The van der Waals surface area contributed by atoms with Gasteiger partial charge in [-0.2, -0.15) is 13.2 Å². The van der Waals surface area contributed by atoms with Crippen LogP contribution in [-0.4, -0.2) is 35.8 Å². The molecule has 0 aromatic heterocycles. The minimum absolute atomic E-state index is 0.0752. The molecule has 2 aromatic rings. The summed E-state index contributed by atoms with van der Waals surface area (Å²) in [7, 11) is 0. The van der Waals surface area contributed by atoms with Crippen molar-refractivity contribution in [3.8, 4) is 0 Å². The van der Waals surface area contributed by atoms with Gasteiger partial charge in [0.1, 0.15) is 13.1 Å². The van der Waals surface area contributed by atoms with Crippen LogP contribution >= 0.6 is 0 Å². The Bertz CT molecular complexity index is 884. The van der Waals surface area contributed by atoms with Crippen molar-refractivity contribution < 1.29 is 27.6 Å². The highest BCUT2D eigenvalue weighted by Crippen LogP contribution is 2.30. The molecule has 2 aromatic carbocycles. The topological polar surface area (TPSA) is 69.7 Å². The molecule has 140 valence electrons. The zero-order chi connectivity index (χ0) is 19.6. The van der Waals surface area contributed by atoms with E-state index in [9.17, 15) is 27.6 Å². The van der Waals surface area contributed by atoms with E-state index in [-0.39, 0.29) is 12.2 Å². The normalized spacial score (nSPS) is 14.6. The fourth-order valence-electron chi connectivity index (χ4n) is 2.62. The third-order valence-corrected chi connectivity index (χ3v) is 3.90. The van der Waals surface area contributed by atoms with Crippen molar-refractivity contribution in [3.05, 3.63) is 60.2 Å². The highest BCUT2D eigenvalue weighted by atomic mass is 19.4. The average Bonchev–Trinajstić information content (AvgIpc) is 2.90. The molecule has 1 heterocycles. The standard InChI is InChI=1S/C18H14F3N3O3/c19-18(20,21)12-5-4-6-13(9-12)22-15(25)10-24-16(26)11-23(17(24)27)14-7-2-1-3-8-14/h1-9H,10-11H2,(H,22,25). The number of nitrogens with one attached hydrogen (secondary N) is 1. The molecule has 1 aliphatic rings. The Labute approximate surface area is 152 Å². The van der Waals surface area contributed by atoms with Gasteiger partial charge in [0.25, 0.3) is 5.91 Å². The lowest BCUT2D eigenvalue weighted by molar-refractivity contribution is -0.137. The molecule has 3 rings (SSSR count). The molecule has 4 amide bonds. The number of carbonyl (C=O) groups excluding carboxylic acids is 3. The number of amides is 4. The summed E-state index contributed by atoms with van der Waals surface area (Å²) in [5.41, 5.74) is -0.477. The lowest BCUT2D eigenvalue weighted by Crippen LogP contribution is -2.39. The monoisotopic (exact) mass is 377 g/mol. The van der Waals surface area contributed by atoms with Gasteiger partial charge in [0, 0.05) is 11.4 Å². The van der Waals surface area contributed by atoms with Crippen LogP contribution in [0.3, 0.4) is 0 Å². The summed E-state index contributed by atoms with van der Waals surface area (Å²) in [6.45, 7) is -0.795. The van der Waals surface area contributed by atoms with Gasteiger partial charge in [0.05, 0.1) is 5.56 Å². The molecular weight excluding hydrogens is 363 g/mol. The van der Waals surface area contributed by atoms with E-state index in [0.29, 0.717) is 5.69 Å². The summed E-state index contributed by atoms with van der Waals surface area (Å²) in [6.07, 6.45) is -4.54. The van der Waals surface area contributed by atoms with Gasteiger partial charge in [-0.1, -0.05) is 24.3 Å². The van der Waals surface area contributed by atoms with Gasteiger partial charge in [-0.05, 0) is 30.3 Å². The number of hydrogen-bond acceptors (Lipinski definition) is 3. The smallest absolute Gasteiger partial charge is 0.325 e. The molecule has 0 unspecified atom stereocenters. The number of alkyl halides is 3. The molecule has 9 heteroatoms. The lowest BCUT2D eigenvalue weighted by atomic mass is 10.2. The molecule has 0 radical (unpaired) electrons. The number of imide groups is 1. The van der Waals surface area contributed by atoms with E-state index in [2.05, 4.69) is 5.32 Å². The third-order valence-electron chi connectivity index (χ3n) is 3.90. The van der Waals surface area contributed by atoms with E-state index < -0.39 is 36.1 Å². The SMILES string of the molecule is O=C(CN1C(=O)CN(c2ccccc2)C1=O)Nc1cccc(C(F)(F)F)c1. The van der Waals surface area contributed by atoms with E-state index in [0.717, 1.165) is 23.1 Å². The summed E-state index contributed by atoms with van der Waals surface area (Å²) >= 11 is 0. The number of para-hydroxylation sites is 1. The minimum atomic E-state index is -4.54. The van der Waals surface area contributed by atoms with Crippen molar-refractivity contribution in [2.24, 2.45) is 0 Å². The number of benzene rings is 2. The number of rotatable bonds is 4. The number of carbonyl (C=O) groups is 3. The summed E-state index contributed by atoms with van der Waals surface area (Å²) in [6, 6.07) is 11.9. The van der Waals surface area contributed by atoms with E-state index in [1.165, 1.54) is 11.0 Å². The lowest BCUT2D eigenvalue weighted by Gasteiger charge is -2.17. The van der Waals surface area contributed by atoms with Crippen LogP contribution in [0.2, 0.25) is 0 Å². The summed E-state index contributed by atoms with van der Waals surface area (Å²) in [4.78, 5) is 38.6. The zero-order valence-corrected chi connectivity index (χ0v) is 13.9. The van der Waals surface area contributed by atoms with Gasteiger partial charge >= 0.3 is 12.2 Å². The fourth-order valence-corrected chi connectivity index (χ4v) is 2.62. The third kappa shape index (κ3) is 4.08. The first-order valence-corrected chi connectivity index (χ1v) is 7.90. The van der Waals surface area contributed by atoms with Crippen LogP contribution in [0, 0.1) is 0 Å². The van der Waals surface area contributed by atoms with Gasteiger partial charge < -0.3 is 5.32 Å². The van der Waals surface area contributed by atoms with Crippen molar-refractivity contribution >= 4 is 29.2 Å². The van der Waals surface area contributed by atoms with Crippen molar-refractivity contribution in [3.63, 3.8) is 0 Å². The zero-order valence-electron chi connectivity index (χ0n) is 13.9. The number of halogens is 3. The molecule has 0 saturated carbocycles. The first-order chi connectivity index (χ1) is 12.8. The van der Waals surface area contributed by atoms with E-state index in [4.69, 9.17) is 0 Å². The summed E-state index contributed by atoms with van der Waals surface area (Å²) < 4.78 is 38.2. The van der Waals surface area contributed by atoms with Gasteiger partial charge in [0.15, 0.2) is 0 Å². The van der Waals surface area contributed by atoms with Crippen molar-refractivity contribution in [2.45, 2.75) is 6.18 Å².